The first-order chi connectivity index (χ1) is 11.0. The molecule has 2 aromatic rings. The largest absolute Gasteiger partial charge is 0.348 e. The van der Waals surface area contributed by atoms with Crippen molar-refractivity contribution in [1.29, 1.82) is 0 Å². The van der Waals surface area contributed by atoms with E-state index in [1.54, 1.807) is 24.3 Å². The molecule has 0 aliphatic carbocycles. The summed E-state index contributed by atoms with van der Waals surface area (Å²) >= 11 is 8.32. The fourth-order valence-electron chi connectivity index (χ4n) is 1.84. The molecule has 2 aromatic carbocycles. The first-order valence-electron chi connectivity index (χ1n) is 6.75. The Kier molecular flexibility index (Phi) is 6.18. The van der Waals surface area contributed by atoms with E-state index in [0.29, 0.717) is 22.8 Å². The Bertz CT molecular complexity index is 745. The van der Waals surface area contributed by atoms with Crippen LogP contribution >= 0.6 is 34.2 Å². The number of hydrogen-bond donors (Lipinski definition) is 2. The fourth-order valence-corrected chi connectivity index (χ4v) is 2.76. The highest BCUT2D eigenvalue weighted by Crippen LogP contribution is 2.19. The van der Waals surface area contributed by atoms with Crippen molar-refractivity contribution in [1.82, 2.24) is 5.32 Å². The average molecular weight is 441 g/mol. The zero-order chi connectivity index (χ0) is 16.8. The first-order valence-corrected chi connectivity index (χ1v) is 8.21. The summed E-state index contributed by atoms with van der Waals surface area (Å²) in [6, 6.07) is 12.3. The number of hydrogen-bond acceptors (Lipinski definition) is 2. The van der Waals surface area contributed by atoms with Gasteiger partial charge in [0.25, 0.3) is 5.91 Å². The number of benzene rings is 2. The molecule has 0 spiro atoms. The monoisotopic (exact) mass is 440 g/mol. The van der Waals surface area contributed by atoms with E-state index in [9.17, 15) is 9.59 Å². The van der Waals surface area contributed by atoms with E-state index in [2.05, 4.69) is 39.8 Å². The van der Waals surface area contributed by atoms with Gasteiger partial charge in [0, 0.05) is 26.4 Å². The Hall–Kier alpha value is -1.86. The first kappa shape index (κ1) is 17.5. The molecule has 0 bridgehead atoms. The molecule has 23 heavy (non-hydrogen) atoms. The molecule has 118 valence electrons. The highest BCUT2D eigenvalue weighted by molar-refractivity contribution is 14.1. The van der Waals surface area contributed by atoms with Crippen molar-refractivity contribution in [3.8, 4) is 0 Å². The van der Waals surface area contributed by atoms with Gasteiger partial charge >= 0.3 is 0 Å². The summed E-state index contributed by atoms with van der Waals surface area (Å²) in [5.41, 5.74) is 1.96. The highest BCUT2D eigenvalue weighted by Gasteiger charge is 2.07. The average Bonchev–Trinajstić information content (AvgIpc) is 2.54. The minimum absolute atomic E-state index is 0.207. The van der Waals surface area contributed by atoms with Crippen LogP contribution < -0.4 is 10.6 Å². The predicted molar refractivity (Wildman–Crippen MR) is 101 cm³/mol. The van der Waals surface area contributed by atoms with Gasteiger partial charge in [-0.15, -0.1) is 0 Å². The van der Waals surface area contributed by atoms with Crippen molar-refractivity contribution in [2.24, 2.45) is 0 Å². The number of rotatable bonds is 5. The molecule has 0 saturated heterocycles. The molecule has 6 heteroatoms. The van der Waals surface area contributed by atoms with Crippen molar-refractivity contribution in [2.45, 2.75) is 6.54 Å². The molecule has 0 aliphatic rings. The van der Waals surface area contributed by atoms with Crippen LogP contribution in [0.2, 0.25) is 5.02 Å². The standard InChI is InChI=1S/C17H14ClIN2O2/c1-2-16(22)21-14-7-4-11(5-8-14)17(23)20-10-12-3-6-13(19)9-15(12)18/h2-9H,1,10H2,(H,20,23)(H,21,22). The van der Waals surface area contributed by atoms with Crippen LogP contribution in [0.1, 0.15) is 15.9 Å². The number of anilines is 1. The molecule has 0 aromatic heterocycles. The SMILES string of the molecule is C=CC(=O)Nc1ccc(C(=O)NCc2ccc(I)cc2Cl)cc1. The third-order valence-electron chi connectivity index (χ3n) is 3.05. The van der Waals surface area contributed by atoms with E-state index in [4.69, 9.17) is 11.6 Å². The second-order valence-electron chi connectivity index (χ2n) is 4.69. The molecule has 0 atom stereocenters. The lowest BCUT2D eigenvalue weighted by atomic mass is 10.1. The van der Waals surface area contributed by atoms with Gasteiger partial charge < -0.3 is 10.6 Å². The van der Waals surface area contributed by atoms with Gasteiger partial charge in [-0.1, -0.05) is 24.2 Å². The summed E-state index contributed by atoms with van der Waals surface area (Å²) in [7, 11) is 0. The van der Waals surface area contributed by atoms with Crippen molar-refractivity contribution < 1.29 is 9.59 Å². The van der Waals surface area contributed by atoms with Crippen molar-refractivity contribution in [3.63, 3.8) is 0 Å². The predicted octanol–water partition coefficient (Wildman–Crippen LogP) is 4.00. The summed E-state index contributed by atoms with van der Waals surface area (Å²) in [5, 5.41) is 6.06. The number of amides is 2. The molecule has 0 heterocycles. The zero-order valence-electron chi connectivity index (χ0n) is 12.1. The lowest BCUT2D eigenvalue weighted by Crippen LogP contribution is -2.23. The topological polar surface area (TPSA) is 58.2 Å². The maximum absolute atomic E-state index is 12.1. The summed E-state index contributed by atoms with van der Waals surface area (Å²) in [6.45, 7) is 3.73. The van der Waals surface area contributed by atoms with Gasteiger partial charge in [0.05, 0.1) is 0 Å². The number of nitrogens with one attached hydrogen (secondary N) is 2. The summed E-state index contributed by atoms with van der Waals surface area (Å²) in [6.07, 6.45) is 1.19. The van der Waals surface area contributed by atoms with Gasteiger partial charge in [-0.25, -0.2) is 0 Å². The second kappa shape index (κ2) is 8.12. The lowest BCUT2D eigenvalue weighted by molar-refractivity contribution is -0.111. The van der Waals surface area contributed by atoms with Gasteiger partial charge in [0.2, 0.25) is 5.91 Å². The molecule has 0 radical (unpaired) electrons. The number of carbonyl (C=O) groups excluding carboxylic acids is 2. The third kappa shape index (κ3) is 5.07. The van der Waals surface area contributed by atoms with Crippen LogP contribution in [-0.4, -0.2) is 11.8 Å². The van der Waals surface area contributed by atoms with E-state index in [1.165, 1.54) is 6.08 Å². The molecular weight excluding hydrogens is 427 g/mol. The van der Waals surface area contributed by atoms with Crippen LogP contribution in [0.25, 0.3) is 0 Å². The molecule has 0 aliphatic heterocycles. The third-order valence-corrected chi connectivity index (χ3v) is 4.08. The van der Waals surface area contributed by atoms with E-state index in [0.717, 1.165) is 9.13 Å². The quantitative estimate of drug-likeness (QED) is 0.545. The molecule has 2 N–H and O–H groups in total. The van der Waals surface area contributed by atoms with E-state index in [1.807, 2.05) is 18.2 Å². The highest BCUT2D eigenvalue weighted by atomic mass is 127. The minimum atomic E-state index is -0.296. The van der Waals surface area contributed by atoms with Crippen molar-refractivity contribution >= 4 is 51.7 Å². The van der Waals surface area contributed by atoms with Gasteiger partial charge in [-0.05, 0) is 70.6 Å². The molecule has 2 amide bonds. The maximum atomic E-state index is 12.1. The Labute approximate surface area is 153 Å². The summed E-state index contributed by atoms with van der Waals surface area (Å²) in [4.78, 5) is 23.3. The van der Waals surface area contributed by atoms with E-state index < -0.39 is 0 Å². The van der Waals surface area contributed by atoms with Gasteiger partial charge in [0.15, 0.2) is 0 Å². The van der Waals surface area contributed by atoms with Crippen LogP contribution in [-0.2, 0) is 11.3 Å². The Balaban J connectivity index is 1.97. The van der Waals surface area contributed by atoms with Crippen molar-refractivity contribution in [2.75, 3.05) is 5.32 Å². The molecule has 0 unspecified atom stereocenters. The van der Waals surface area contributed by atoms with Crippen LogP contribution in [0.3, 0.4) is 0 Å². The Morgan fingerprint density at radius 3 is 2.48 bits per heavy atom. The molecule has 0 saturated carbocycles. The van der Waals surface area contributed by atoms with Crippen LogP contribution in [0, 0.1) is 3.57 Å². The smallest absolute Gasteiger partial charge is 0.251 e. The van der Waals surface area contributed by atoms with Gasteiger partial charge in [-0.2, -0.15) is 0 Å². The van der Waals surface area contributed by atoms with Gasteiger partial charge in [0.1, 0.15) is 0 Å². The molecular formula is C17H14ClIN2O2. The molecule has 4 nitrogen and oxygen atoms in total. The summed E-state index contributed by atoms with van der Waals surface area (Å²) < 4.78 is 1.04. The zero-order valence-corrected chi connectivity index (χ0v) is 15.0. The normalized spacial score (nSPS) is 10.0. The summed E-state index contributed by atoms with van der Waals surface area (Å²) in [5.74, 6) is -0.503. The molecule has 0 fully saturated rings. The Morgan fingerprint density at radius 2 is 1.87 bits per heavy atom. The minimum Gasteiger partial charge on any atom is -0.348 e. The number of halogens is 2. The number of carbonyl (C=O) groups is 2. The fraction of sp³-hybridized carbons (Fsp3) is 0.0588. The molecule has 2 rings (SSSR count). The lowest BCUT2D eigenvalue weighted by Gasteiger charge is -2.08. The van der Waals surface area contributed by atoms with Crippen molar-refractivity contribution in [3.05, 3.63) is 74.8 Å². The van der Waals surface area contributed by atoms with Crippen LogP contribution in [0.4, 0.5) is 5.69 Å². The van der Waals surface area contributed by atoms with E-state index in [-0.39, 0.29) is 11.8 Å². The maximum Gasteiger partial charge on any atom is 0.251 e. The second-order valence-corrected chi connectivity index (χ2v) is 6.34. The van der Waals surface area contributed by atoms with Crippen LogP contribution in [0.5, 0.6) is 0 Å². The van der Waals surface area contributed by atoms with Crippen LogP contribution in [0.15, 0.2) is 55.1 Å². The Morgan fingerprint density at radius 1 is 1.17 bits per heavy atom. The van der Waals surface area contributed by atoms with E-state index >= 15 is 0 Å². The van der Waals surface area contributed by atoms with Gasteiger partial charge in [-0.3, -0.25) is 9.59 Å².